The average Bonchev–Trinajstić information content (AvgIpc) is 2.26. The van der Waals surface area contributed by atoms with E-state index < -0.39 is 5.60 Å². The molecule has 0 aromatic heterocycles. The zero-order chi connectivity index (χ0) is 12.5. The number of carbonyl (C=O) groups excluding carboxylic acids is 1. The molecule has 1 fully saturated rings. The standard InChI is InChI=1S/C13H22N2O2/c1-13(2,3)17-12(16)15-8-6-10-5-4-7-14-11(10)9-15/h4-5,10-11,14H,6-9H2,1-3H3. The number of nitrogens with zero attached hydrogens (tertiary/aromatic N) is 1. The molecule has 2 aliphatic heterocycles. The van der Waals surface area contributed by atoms with Gasteiger partial charge in [-0.3, -0.25) is 0 Å². The molecule has 4 heteroatoms. The number of ether oxygens (including phenoxy) is 1. The molecule has 4 nitrogen and oxygen atoms in total. The van der Waals surface area contributed by atoms with Gasteiger partial charge in [0.15, 0.2) is 0 Å². The van der Waals surface area contributed by atoms with Crippen molar-refractivity contribution < 1.29 is 9.53 Å². The molecule has 0 saturated carbocycles. The summed E-state index contributed by atoms with van der Waals surface area (Å²) in [6.07, 6.45) is 5.28. The van der Waals surface area contributed by atoms with Crippen LogP contribution in [0.3, 0.4) is 0 Å². The number of amides is 1. The van der Waals surface area contributed by atoms with E-state index in [2.05, 4.69) is 17.5 Å². The minimum Gasteiger partial charge on any atom is -0.444 e. The molecule has 1 N–H and O–H groups in total. The second-order valence-corrected chi connectivity index (χ2v) is 5.82. The molecule has 2 rings (SSSR count). The third-order valence-electron chi connectivity index (χ3n) is 3.20. The first-order chi connectivity index (χ1) is 7.96. The number of nitrogens with one attached hydrogen (secondary N) is 1. The molecule has 1 saturated heterocycles. The number of fused-ring (bicyclic) bond motifs is 1. The Morgan fingerprint density at radius 3 is 2.94 bits per heavy atom. The van der Waals surface area contributed by atoms with Crippen LogP contribution in [0.25, 0.3) is 0 Å². The van der Waals surface area contributed by atoms with Gasteiger partial charge in [0.25, 0.3) is 0 Å². The number of hydrogen-bond donors (Lipinski definition) is 1. The highest BCUT2D eigenvalue weighted by atomic mass is 16.6. The molecule has 96 valence electrons. The van der Waals surface area contributed by atoms with Crippen LogP contribution in [0.4, 0.5) is 4.79 Å². The molecule has 2 heterocycles. The molecule has 0 radical (unpaired) electrons. The smallest absolute Gasteiger partial charge is 0.410 e. The van der Waals surface area contributed by atoms with Crippen molar-refractivity contribution >= 4 is 6.09 Å². The lowest BCUT2D eigenvalue weighted by molar-refractivity contribution is 0.0158. The highest BCUT2D eigenvalue weighted by molar-refractivity contribution is 5.68. The summed E-state index contributed by atoms with van der Waals surface area (Å²) >= 11 is 0. The molecule has 0 bridgehead atoms. The summed E-state index contributed by atoms with van der Waals surface area (Å²) in [6.45, 7) is 8.16. The Kier molecular flexibility index (Phi) is 3.43. The predicted molar refractivity (Wildman–Crippen MR) is 66.8 cm³/mol. The van der Waals surface area contributed by atoms with Crippen LogP contribution in [0.15, 0.2) is 12.2 Å². The first kappa shape index (κ1) is 12.4. The van der Waals surface area contributed by atoms with Crippen molar-refractivity contribution in [1.82, 2.24) is 10.2 Å². The lowest BCUT2D eigenvalue weighted by Gasteiger charge is -2.39. The molecule has 17 heavy (non-hydrogen) atoms. The van der Waals surface area contributed by atoms with Gasteiger partial charge in [-0.1, -0.05) is 12.2 Å². The van der Waals surface area contributed by atoms with Crippen molar-refractivity contribution in [1.29, 1.82) is 0 Å². The normalized spacial score (nSPS) is 28.8. The van der Waals surface area contributed by atoms with Crippen LogP contribution >= 0.6 is 0 Å². The van der Waals surface area contributed by atoms with Crippen LogP contribution in [0, 0.1) is 5.92 Å². The van der Waals surface area contributed by atoms with Crippen LogP contribution in [-0.2, 0) is 4.74 Å². The van der Waals surface area contributed by atoms with Crippen molar-refractivity contribution in [2.24, 2.45) is 5.92 Å². The maximum absolute atomic E-state index is 11.9. The van der Waals surface area contributed by atoms with Gasteiger partial charge in [-0.05, 0) is 33.1 Å². The van der Waals surface area contributed by atoms with E-state index in [0.29, 0.717) is 12.0 Å². The Balaban J connectivity index is 1.92. The fraction of sp³-hybridized carbons (Fsp3) is 0.769. The van der Waals surface area contributed by atoms with Crippen molar-refractivity contribution in [3.63, 3.8) is 0 Å². The predicted octanol–water partition coefficient (Wildman–Crippen LogP) is 1.77. The van der Waals surface area contributed by atoms with Gasteiger partial charge in [0.2, 0.25) is 0 Å². The number of hydrogen-bond acceptors (Lipinski definition) is 3. The molecular weight excluding hydrogens is 216 g/mol. The van der Waals surface area contributed by atoms with E-state index in [4.69, 9.17) is 4.74 Å². The zero-order valence-electron chi connectivity index (χ0n) is 10.9. The van der Waals surface area contributed by atoms with E-state index in [0.717, 1.165) is 26.1 Å². The minimum atomic E-state index is -0.409. The average molecular weight is 238 g/mol. The number of rotatable bonds is 0. The summed E-state index contributed by atoms with van der Waals surface area (Å²) < 4.78 is 5.40. The Morgan fingerprint density at radius 2 is 2.24 bits per heavy atom. The van der Waals surface area contributed by atoms with Crippen LogP contribution in [0.5, 0.6) is 0 Å². The maximum Gasteiger partial charge on any atom is 0.410 e. The van der Waals surface area contributed by atoms with E-state index in [1.54, 1.807) is 0 Å². The maximum atomic E-state index is 11.9. The van der Waals surface area contributed by atoms with Gasteiger partial charge in [0.05, 0.1) is 0 Å². The van der Waals surface area contributed by atoms with Gasteiger partial charge in [-0.25, -0.2) is 4.79 Å². The molecule has 0 aromatic carbocycles. The molecule has 1 amide bonds. The summed E-state index contributed by atoms with van der Waals surface area (Å²) in [4.78, 5) is 13.8. The highest BCUT2D eigenvalue weighted by Crippen LogP contribution is 2.22. The van der Waals surface area contributed by atoms with E-state index in [1.807, 2.05) is 25.7 Å². The largest absolute Gasteiger partial charge is 0.444 e. The van der Waals surface area contributed by atoms with Crippen molar-refractivity contribution in [3.8, 4) is 0 Å². The molecule has 2 aliphatic rings. The van der Waals surface area contributed by atoms with Crippen molar-refractivity contribution in [2.75, 3.05) is 19.6 Å². The molecule has 0 aromatic rings. The van der Waals surface area contributed by atoms with Crippen LogP contribution in [-0.4, -0.2) is 42.3 Å². The Morgan fingerprint density at radius 1 is 1.47 bits per heavy atom. The van der Waals surface area contributed by atoms with Crippen LogP contribution in [0.2, 0.25) is 0 Å². The van der Waals surface area contributed by atoms with Gasteiger partial charge < -0.3 is 15.0 Å². The highest BCUT2D eigenvalue weighted by Gasteiger charge is 2.32. The molecule has 2 unspecified atom stereocenters. The quantitative estimate of drug-likeness (QED) is 0.654. The fourth-order valence-electron chi connectivity index (χ4n) is 2.37. The van der Waals surface area contributed by atoms with Gasteiger partial charge in [0, 0.05) is 25.7 Å². The number of likely N-dealkylation sites (tertiary alicyclic amines) is 1. The summed E-state index contributed by atoms with van der Waals surface area (Å²) in [6, 6.07) is 0.390. The van der Waals surface area contributed by atoms with Crippen molar-refractivity contribution in [3.05, 3.63) is 12.2 Å². The molecule has 2 atom stereocenters. The Labute approximate surface area is 103 Å². The lowest BCUT2D eigenvalue weighted by Crippen LogP contribution is -2.54. The second kappa shape index (κ2) is 4.69. The number of piperidine rings is 1. The first-order valence-electron chi connectivity index (χ1n) is 6.34. The lowest BCUT2D eigenvalue weighted by atomic mass is 9.89. The van der Waals surface area contributed by atoms with Gasteiger partial charge in [-0.2, -0.15) is 0 Å². The molecular formula is C13H22N2O2. The molecule has 0 aliphatic carbocycles. The Hall–Kier alpha value is -1.03. The topological polar surface area (TPSA) is 41.6 Å². The first-order valence-corrected chi connectivity index (χ1v) is 6.34. The minimum absolute atomic E-state index is 0.188. The van der Waals surface area contributed by atoms with Crippen LogP contribution in [0.1, 0.15) is 27.2 Å². The van der Waals surface area contributed by atoms with Gasteiger partial charge in [0.1, 0.15) is 5.60 Å². The third kappa shape index (κ3) is 3.22. The van der Waals surface area contributed by atoms with Crippen molar-refractivity contribution in [2.45, 2.75) is 38.8 Å². The van der Waals surface area contributed by atoms with E-state index in [9.17, 15) is 4.79 Å². The second-order valence-electron chi connectivity index (χ2n) is 5.82. The van der Waals surface area contributed by atoms with Gasteiger partial charge >= 0.3 is 6.09 Å². The monoisotopic (exact) mass is 238 g/mol. The summed E-state index contributed by atoms with van der Waals surface area (Å²) in [5, 5.41) is 3.43. The van der Waals surface area contributed by atoms with E-state index in [1.165, 1.54) is 0 Å². The number of carbonyl (C=O) groups is 1. The summed E-state index contributed by atoms with van der Waals surface area (Å²) in [7, 11) is 0. The van der Waals surface area contributed by atoms with E-state index >= 15 is 0 Å². The summed E-state index contributed by atoms with van der Waals surface area (Å²) in [5.41, 5.74) is -0.409. The fourth-order valence-corrected chi connectivity index (χ4v) is 2.37. The van der Waals surface area contributed by atoms with Crippen LogP contribution < -0.4 is 5.32 Å². The van der Waals surface area contributed by atoms with E-state index in [-0.39, 0.29) is 6.09 Å². The molecule has 0 spiro atoms. The summed E-state index contributed by atoms with van der Waals surface area (Å²) in [5.74, 6) is 0.572. The SMILES string of the molecule is CC(C)(C)OC(=O)N1CCC2C=CCNC2C1. The van der Waals surface area contributed by atoms with Gasteiger partial charge in [-0.15, -0.1) is 0 Å². The third-order valence-corrected chi connectivity index (χ3v) is 3.20. The zero-order valence-corrected chi connectivity index (χ0v) is 10.9. The Bertz CT molecular complexity index is 320.